The zero-order chi connectivity index (χ0) is 18.0. The molecule has 9 heteroatoms. The van der Waals surface area contributed by atoms with Crippen molar-refractivity contribution in [2.24, 2.45) is 7.05 Å². The summed E-state index contributed by atoms with van der Waals surface area (Å²) >= 11 is 12.9. The van der Waals surface area contributed by atoms with Crippen molar-refractivity contribution in [1.82, 2.24) is 14.5 Å². The highest BCUT2D eigenvalue weighted by Gasteiger charge is 2.12. The van der Waals surface area contributed by atoms with Gasteiger partial charge >= 0.3 is 0 Å². The summed E-state index contributed by atoms with van der Waals surface area (Å²) in [7, 11) is 1.62. The van der Waals surface area contributed by atoms with Gasteiger partial charge in [-0.2, -0.15) is 0 Å². The molecule has 0 aliphatic rings. The van der Waals surface area contributed by atoms with Crippen LogP contribution in [0.2, 0.25) is 10.0 Å². The number of para-hydroxylation sites is 1. The number of nitrogens with zero attached hydrogens (tertiary/aromatic N) is 3. The highest BCUT2D eigenvalue weighted by molar-refractivity contribution is 7.99. The number of fused-ring (bicyclic) bond motifs is 1. The van der Waals surface area contributed by atoms with E-state index in [0.29, 0.717) is 21.1 Å². The molecule has 1 amide bonds. The predicted octanol–water partition coefficient (Wildman–Crippen LogP) is 3.37. The molecule has 2 heterocycles. The molecule has 25 heavy (non-hydrogen) atoms. The number of carbonyl (C=O) groups is 1. The van der Waals surface area contributed by atoms with Crippen molar-refractivity contribution in [3.8, 4) is 0 Å². The van der Waals surface area contributed by atoms with Crippen LogP contribution in [0.4, 0.5) is 5.82 Å². The van der Waals surface area contributed by atoms with Gasteiger partial charge in [-0.15, -0.1) is 0 Å². The Bertz CT molecular complexity index is 1020. The SMILES string of the molecule is Cn1c(SCC(=O)Nc2ncc(Cl)cc2Cl)nc2ccccc2c1=O. The normalized spacial score (nSPS) is 10.8. The molecule has 0 saturated heterocycles. The van der Waals surface area contributed by atoms with Crippen LogP contribution in [-0.4, -0.2) is 26.2 Å². The number of thioether (sulfide) groups is 1. The van der Waals surface area contributed by atoms with Crippen LogP contribution in [0, 0.1) is 0 Å². The van der Waals surface area contributed by atoms with Crippen LogP contribution < -0.4 is 10.9 Å². The van der Waals surface area contributed by atoms with Gasteiger partial charge in [-0.25, -0.2) is 9.97 Å². The standard InChI is InChI=1S/C16H12Cl2N4O2S/c1-22-15(24)10-4-2-3-5-12(10)20-16(22)25-8-13(23)21-14-11(18)6-9(17)7-19-14/h2-7H,8H2,1H3,(H,19,21,23). The first kappa shape index (κ1) is 17.7. The summed E-state index contributed by atoms with van der Waals surface area (Å²) in [4.78, 5) is 32.8. The molecular formula is C16H12Cl2N4O2S. The van der Waals surface area contributed by atoms with Gasteiger partial charge in [0, 0.05) is 13.2 Å². The number of amides is 1. The Morgan fingerprint density at radius 3 is 2.84 bits per heavy atom. The first-order chi connectivity index (χ1) is 12.0. The van der Waals surface area contributed by atoms with Gasteiger partial charge in [-0.05, 0) is 18.2 Å². The van der Waals surface area contributed by atoms with Gasteiger partial charge in [-0.3, -0.25) is 14.2 Å². The van der Waals surface area contributed by atoms with Gasteiger partial charge in [0.05, 0.1) is 26.7 Å². The van der Waals surface area contributed by atoms with Crippen molar-refractivity contribution >= 4 is 57.6 Å². The van der Waals surface area contributed by atoms with E-state index in [4.69, 9.17) is 23.2 Å². The molecular weight excluding hydrogens is 383 g/mol. The number of anilines is 1. The molecule has 128 valence electrons. The lowest BCUT2D eigenvalue weighted by Gasteiger charge is -2.09. The van der Waals surface area contributed by atoms with Gasteiger partial charge in [0.2, 0.25) is 5.91 Å². The Morgan fingerprint density at radius 2 is 2.08 bits per heavy atom. The molecule has 0 atom stereocenters. The maximum absolute atomic E-state index is 12.3. The van der Waals surface area contributed by atoms with Crippen LogP contribution in [0.3, 0.4) is 0 Å². The van der Waals surface area contributed by atoms with Crippen LogP contribution in [0.5, 0.6) is 0 Å². The largest absolute Gasteiger partial charge is 0.309 e. The molecule has 0 aliphatic carbocycles. The predicted molar refractivity (Wildman–Crippen MR) is 101 cm³/mol. The molecule has 0 saturated carbocycles. The lowest BCUT2D eigenvalue weighted by atomic mass is 10.2. The van der Waals surface area contributed by atoms with Gasteiger partial charge in [0.15, 0.2) is 11.0 Å². The Balaban J connectivity index is 1.75. The first-order valence-corrected chi connectivity index (χ1v) is 8.89. The lowest BCUT2D eigenvalue weighted by Crippen LogP contribution is -2.21. The van der Waals surface area contributed by atoms with E-state index in [-0.39, 0.29) is 28.1 Å². The molecule has 1 N–H and O–H groups in total. The second kappa shape index (κ2) is 7.43. The molecule has 0 fully saturated rings. The molecule has 1 aromatic carbocycles. The summed E-state index contributed by atoms with van der Waals surface area (Å²) in [5, 5.41) is 4.23. The fraction of sp³-hybridized carbons (Fsp3) is 0.125. The van der Waals surface area contributed by atoms with Gasteiger partial charge in [0.1, 0.15) is 0 Å². The van der Waals surface area contributed by atoms with Gasteiger partial charge in [-0.1, -0.05) is 47.1 Å². The average Bonchev–Trinajstić information content (AvgIpc) is 2.59. The lowest BCUT2D eigenvalue weighted by molar-refractivity contribution is -0.113. The van der Waals surface area contributed by atoms with Crippen molar-refractivity contribution in [3.05, 3.63) is 56.9 Å². The zero-order valence-corrected chi connectivity index (χ0v) is 15.3. The number of halogens is 2. The van der Waals surface area contributed by atoms with E-state index in [2.05, 4.69) is 15.3 Å². The summed E-state index contributed by atoms with van der Waals surface area (Å²) in [5.74, 6) is -0.0274. The molecule has 2 aromatic heterocycles. The zero-order valence-electron chi connectivity index (χ0n) is 13.0. The van der Waals surface area contributed by atoms with E-state index in [9.17, 15) is 9.59 Å². The fourth-order valence-corrected chi connectivity index (χ4v) is 3.33. The Morgan fingerprint density at radius 1 is 1.32 bits per heavy atom. The maximum Gasteiger partial charge on any atom is 0.261 e. The van der Waals surface area contributed by atoms with Crippen molar-refractivity contribution in [3.63, 3.8) is 0 Å². The number of pyridine rings is 1. The summed E-state index contributed by atoms with van der Waals surface area (Å²) in [6, 6.07) is 8.57. The molecule has 0 spiro atoms. The van der Waals surface area contributed by atoms with E-state index in [1.54, 1.807) is 25.2 Å². The molecule has 0 aliphatic heterocycles. The van der Waals surface area contributed by atoms with Crippen molar-refractivity contribution in [2.75, 3.05) is 11.1 Å². The highest BCUT2D eigenvalue weighted by Crippen LogP contribution is 2.23. The number of aromatic nitrogens is 3. The van der Waals surface area contributed by atoms with E-state index in [1.807, 2.05) is 6.07 Å². The second-order valence-corrected chi connectivity index (χ2v) is 6.88. The molecule has 6 nitrogen and oxygen atoms in total. The molecule has 3 rings (SSSR count). The molecule has 0 bridgehead atoms. The third-order valence-corrected chi connectivity index (χ3v) is 4.86. The number of carbonyl (C=O) groups excluding carboxylic acids is 1. The quantitative estimate of drug-likeness (QED) is 0.542. The van der Waals surface area contributed by atoms with E-state index < -0.39 is 0 Å². The number of nitrogens with one attached hydrogen (secondary N) is 1. The average molecular weight is 395 g/mol. The van der Waals surface area contributed by atoms with Crippen molar-refractivity contribution in [2.45, 2.75) is 5.16 Å². The first-order valence-electron chi connectivity index (χ1n) is 7.15. The number of benzene rings is 1. The smallest absolute Gasteiger partial charge is 0.261 e. The third-order valence-electron chi connectivity index (χ3n) is 3.34. The Hall–Kier alpha value is -2.09. The minimum atomic E-state index is -0.316. The van der Waals surface area contributed by atoms with Crippen molar-refractivity contribution < 1.29 is 4.79 Å². The van der Waals surface area contributed by atoms with Crippen LogP contribution in [-0.2, 0) is 11.8 Å². The maximum atomic E-state index is 12.3. The Kier molecular flexibility index (Phi) is 5.27. The monoisotopic (exact) mass is 394 g/mol. The fourth-order valence-electron chi connectivity index (χ4n) is 2.13. The van der Waals surface area contributed by atoms with Gasteiger partial charge < -0.3 is 5.32 Å². The van der Waals surface area contributed by atoms with Crippen LogP contribution in [0.1, 0.15) is 0 Å². The summed E-state index contributed by atoms with van der Waals surface area (Å²) < 4.78 is 1.42. The van der Waals surface area contributed by atoms with Gasteiger partial charge in [0.25, 0.3) is 5.56 Å². The molecule has 0 radical (unpaired) electrons. The number of hydrogen-bond acceptors (Lipinski definition) is 5. The molecule has 0 unspecified atom stereocenters. The van der Waals surface area contributed by atoms with E-state index >= 15 is 0 Å². The van der Waals surface area contributed by atoms with Crippen LogP contribution >= 0.6 is 35.0 Å². The van der Waals surface area contributed by atoms with E-state index in [1.165, 1.54) is 16.8 Å². The van der Waals surface area contributed by atoms with Crippen LogP contribution in [0.25, 0.3) is 10.9 Å². The van der Waals surface area contributed by atoms with Crippen molar-refractivity contribution in [1.29, 1.82) is 0 Å². The summed E-state index contributed by atoms with van der Waals surface area (Å²) in [6.07, 6.45) is 1.39. The van der Waals surface area contributed by atoms with Crippen LogP contribution in [0.15, 0.2) is 46.5 Å². The number of hydrogen-bond donors (Lipinski definition) is 1. The second-order valence-electron chi connectivity index (χ2n) is 5.10. The minimum absolute atomic E-state index is 0.0548. The topological polar surface area (TPSA) is 76.9 Å². The third kappa shape index (κ3) is 3.95. The Labute approximate surface area is 157 Å². The summed E-state index contributed by atoms with van der Waals surface area (Å²) in [5.41, 5.74) is 0.437. The highest BCUT2D eigenvalue weighted by atomic mass is 35.5. The van der Waals surface area contributed by atoms with E-state index in [0.717, 1.165) is 11.8 Å². The molecule has 3 aromatic rings. The summed E-state index contributed by atoms with van der Waals surface area (Å²) in [6.45, 7) is 0. The minimum Gasteiger partial charge on any atom is -0.309 e. The number of rotatable bonds is 4.